The van der Waals surface area contributed by atoms with Gasteiger partial charge in [0.1, 0.15) is 6.04 Å². The molecule has 7 heteroatoms. The number of aliphatic carboxylic acids is 1. The van der Waals surface area contributed by atoms with E-state index in [-0.39, 0.29) is 10.9 Å². The molecule has 1 fully saturated rings. The highest BCUT2D eigenvalue weighted by atomic mass is 35.5. The summed E-state index contributed by atoms with van der Waals surface area (Å²) in [6, 6.07) is 4.48. The molecule has 2 rings (SSSR count). The van der Waals surface area contributed by atoms with E-state index in [0.717, 1.165) is 0 Å². The SMILES string of the molecule is CCC(C(=O)O)N1CCN(C(=O)c2cccc(Cl)c2Cl)CC1. The van der Waals surface area contributed by atoms with Crippen LogP contribution in [0.4, 0.5) is 0 Å². The molecular weight excluding hydrogens is 327 g/mol. The minimum Gasteiger partial charge on any atom is -0.480 e. The first-order valence-corrected chi connectivity index (χ1v) is 7.91. The number of rotatable bonds is 4. The molecule has 1 N–H and O–H groups in total. The van der Waals surface area contributed by atoms with Gasteiger partial charge in [-0.1, -0.05) is 36.2 Å². The van der Waals surface area contributed by atoms with Crippen molar-refractivity contribution >= 4 is 35.1 Å². The third kappa shape index (κ3) is 3.54. The van der Waals surface area contributed by atoms with E-state index in [0.29, 0.717) is 43.2 Å². The second-order valence-electron chi connectivity index (χ2n) is 5.19. The molecule has 1 saturated heterocycles. The summed E-state index contributed by atoms with van der Waals surface area (Å²) >= 11 is 12.0. The van der Waals surface area contributed by atoms with Crippen LogP contribution in [0, 0.1) is 0 Å². The molecule has 1 amide bonds. The number of nitrogens with zero attached hydrogens (tertiary/aromatic N) is 2. The van der Waals surface area contributed by atoms with E-state index in [4.69, 9.17) is 23.2 Å². The zero-order valence-electron chi connectivity index (χ0n) is 12.3. The molecule has 0 bridgehead atoms. The van der Waals surface area contributed by atoms with Crippen molar-refractivity contribution in [1.82, 2.24) is 9.80 Å². The van der Waals surface area contributed by atoms with Gasteiger partial charge in [-0.2, -0.15) is 0 Å². The Hall–Kier alpha value is -1.30. The molecule has 1 atom stereocenters. The number of hydrogen-bond donors (Lipinski definition) is 1. The van der Waals surface area contributed by atoms with Crippen LogP contribution in [0.3, 0.4) is 0 Å². The normalized spacial score (nSPS) is 17.3. The lowest BCUT2D eigenvalue weighted by Crippen LogP contribution is -2.53. The largest absolute Gasteiger partial charge is 0.480 e. The number of hydrogen-bond acceptors (Lipinski definition) is 3. The Morgan fingerprint density at radius 1 is 1.23 bits per heavy atom. The molecule has 0 aliphatic carbocycles. The van der Waals surface area contributed by atoms with Crippen molar-refractivity contribution in [1.29, 1.82) is 0 Å². The highest BCUT2D eigenvalue weighted by molar-refractivity contribution is 6.43. The molecule has 1 aromatic rings. The third-order valence-corrected chi connectivity index (χ3v) is 4.71. The van der Waals surface area contributed by atoms with Gasteiger partial charge in [0, 0.05) is 26.2 Å². The Labute approximate surface area is 139 Å². The van der Waals surface area contributed by atoms with E-state index in [1.54, 1.807) is 23.1 Å². The zero-order chi connectivity index (χ0) is 16.3. The molecule has 1 unspecified atom stereocenters. The Morgan fingerprint density at radius 3 is 2.41 bits per heavy atom. The first kappa shape index (κ1) is 17.1. The first-order valence-electron chi connectivity index (χ1n) is 7.15. The lowest BCUT2D eigenvalue weighted by molar-refractivity contribution is -0.144. The summed E-state index contributed by atoms with van der Waals surface area (Å²) < 4.78 is 0. The van der Waals surface area contributed by atoms with Crippen LogP contribution in [-0.4, -0.2) is 59.0 Å². The predicted molar refractivity (Wildman–Crippen MR) is 85.7 cm³/mol. The van der Waals surface area contributed by atoms with Gasteiger partial charge in [0.2, 0.25) is 0 Å². The number of piperazine rings is 1. The Morgan fingerprint density at radius 2 is 1.86 bits per heavy atom. The van der Waals surface area contributed by atoms with Crippen LogP contribution in [0.25, 0.3) is 0 Å². The molecule has 1 heterocycles. The fourth-order valence-corrected chi connectivity index (χ4v) is 3.05. The molecule has 1 aromatic carbocycles. The summed E-state index contributed by atoms with van der Waals surface area (Å²) in [5.74, 6) is -0.990. The molecule has 120 valence electrons. The average Bonchev–Trinajstić information content (AvgIpc) is 2.50. The van der Waals surface area contributed by atoms with Gasteiger partial charge in [-0.25, -0.2) is 0 Å². The van der Waals surface area contributed by atoms with Crippen LogP contribution >= 0.6 is 23.2 Å². The number of benzene rings is 1. The van der Waals surface area contributed by atoms with Crippen molar-refractivity contribution in [2.75, 3.05) is 26.2 Å². The molecule has 1 aliphatic rings. The fourth-order valence-electron chi connectivity index (χ4n) is 2.67. The van der Waals surface area contributed by atoms with Crippen molar-refractivity contribution in [3.05, 3.63) is 33.8 Å². The van der Waals surface area contributed by atoms with Crippen LogP contribution in [0.5, 0.6) is 0 Å². The number of amides is 1. The van der Waals surface area contributed by atoms with Gasteiger partial charge in [0.25, 0.3) is 5.91 Å². The molecular formula is C15H18Cl2N2O3. The second-order valence-corrected chi connectivity index (χ2v) is 5.98. The molecule has 0 radical (unpaired) electrons. The number of carbonyl (C=O) groups excluding carboxylic acids is 1. The van der Waals surface area contributed by atoms with Crippen LogP contribution in [-0.2, 0) is 4.79 Å². The summed E-state index contributed by atoms with van der Waals surface area (Å²) in [4.78, 5) is 27.3. The lowest BCUT2D eigenvalue weighted by atomic mass is 10.1. The van der Waals surface area contributed by atoms with E-state index in [2.05, 4.69) is 0 Å². The minimum atomic E-state index is -0.819. The highest BCUT2D eigenvalue weighted by Crippen LogP contribution is 2.27. The molecule has 0 aromatic heterocycles. The molecule has 22 heavy (non-hydrogen) atoms. The van der Waals surface area contributed by atoms with Crippen molar-refractivity contribution in [3.8, 4) is 0 Å². The second kappa shape index (κ2) is 7.31. The van der Waals surface area contributed by atoms with Gasteiger partial charge in [0.15, 0.2) is 0 Å². The highest BCUT2D eigenvalue weighted by Gasteiger charge is 2.30. The summed E-state index contributed by atoms with van der Waals surface area (Å²) in [6.07, 6.45) is 0.545. The van der Waals surface area contributed by atoms with Gasteiger partial charge in [-0.3, -0.25) is 14.5 Å². The van der Waals surface area contributed by atoms with Crippen LogP contribution in [0.15, 0.2) is 18.2 Å². The van der Waals surface area contributed by atoms with E-state index in [1.165, 1.54) is 0 Å². The Balaban J connectivity index is 2.04. The van der Waals surface area contributed by atoms with Crippen LogP contribution < -0.4 is 0 Å². The molecule has 5 nitrogen and oxygen atoms in total. The molecule has 0 saturated carbocycles. The molecule has 0 spiro atoms. The Bertz CT molecular complexity index is 572. The van der Waals surface area contributed by atoms with Gasteiger partial charge in [-0.05, 0) is 18.6 Å². The minimum absolute atomic E-state index is 0.171. The van der Waals surface area contributed by atoms with Crippen molar-refractivity contribution in [2.45, 2.75) is 19.4 Å². The molecule has 1 aliphatic heterocycles. The summed E-state index contributed by atoms with van der Waals surface area (Å²) in [5, 5.41) is 9.80. The number of carbonyl (C=O) groups is 2. The van der Waals surface area contributed by atoms with Crippen molar-refractivity contribution < 1.29 is 14.7 Å². The van der Waals surface area contributed by atoms with Crippen LogP contribution in [0.2, 0.25) is 10.0 Å². The van der Waals surface area contributed by atoms with Gasteiger partial charge >= 0.3 is 5.97 Å². The number of carboxylic acid groups (broad SMARTS) is 1. The van der Waals surface area contributed by atoms with E-state index in [9.17, 15) is 14.7 Å². The standard InChI is InChI=1S/C15H18Cl2N2O3/c1-2-12(15(21)22)18-6-8-19(9-7-18)14(20)10-4-3-5-11(16)13(10)17/h3-5,12H,2,6-9H2,1H3,(H,21,22). The van der Waals surface area contributed by atoms with Crippen LogP contribution in [0.1, 0.15) is 23.7 Å². The third-order valence-electron chi connectivity index (χ3n) is 3.90. The van der Waals surface area contributed by atoms with Crippen molar-refractivity contribution in [3.63, 3.8) is 0 Å². The van der Waals surface area contributed by atoms with E-state index < -0.39 is 12.0 Å². The van der Waals surface area contributed by atoms with Gasteiger partial charge in [0.05, 0.1) is 15.6 Å². The van der Waals surface area contributed by atoms with Gasteiger partial charge in [-0.15, -0.1) is 0 Å². The first-order chi connectivity index (χ1) is 10.5. The Kier molecular flexibility index (Phi) is 5.67. The van der Waals surface area contributed by atoms with E-state index >= 15 is 0 Å². The quantitative estimate of drug-likeness (QED) is 0.911. The average molecular weight is 345 g/mol. The number of halogens is 2. The summed E-state index contributed by atoms with van der Waals surface area (Å²) in [5.41, 5.74) is 0.382. The predicted octanol–water partition coefficient (Wildman–Crippen LogP) is 2.61. The summed E-state index contributed by atoms with van der Waals surface area (Å²) in [6.45, 7) is 3.88. The van der Waals surface area contributed by atoms with Gasteiger partial charge < -0.3 is 10.0 Å². The zero-order valence-corrected chi connectivity index (χ0v) is 13.8. The monoisotopic (exact) mass is 344 g/mol. The maximum Gasteiger partial charge on any atom is 0.320 e. The maximum absolute atomic E-state index is 12.5. The number of carboxylic acids is 1. The maximum atomic E-state index is 12.5. The fraction of sp³-hybridized carbons (Fsp3) is 0.467. The van der Waals surface area contributed by atoms with Crippen molar-refractivity contribution in [2.24, 2.45) is 0 Å². The topological polar surface area (TPSA) is 60.9 Å². The summed E-state index contributed by atoms with van der Waals surface area (Å²) in [7, 11) is 0. The lowest BCUT2D eigenvalue weighted by Gasteiger charge is -2.37. The van der Waals surface area contributed by atoms with E-state index in [1.807, 2.05) is 11.8 Å². The smallest absolute Gasteiger partial charge is 0.320 e.